The molecule has 1 atom stereocenters. The first-order valence-electron chi connectivity index (χ1n) is 3.80. The summed E-state index contributed by atoms with van der Waals surface area (Å²) in [5, 5.41) is 0. The first-order chi connectivity index (χ1) is 5.97. The molecule has 0 aliphatic rings. The van der Waals surface area contributed by atoms with E-state index in [0.29, 0.717) is 6.42 Å². The highest BCUT2D eigenvalue weighted by Gasteiger charge is 2.15. The van der Waals surface area contributed by atoms with Gasteiger partial charge in [0.25, 0.3) is 0 Å². The summed E-state index contributed by atoms with van der Waals surface area (Å²) in [7, 11) is 0. The third kappa shape index (κ3) is 4.84. The van der Waals surface area contributed by atoms with Crippen molar-refractivity contribution in [3.8, 4) is 0 Å². The van der Waals surface area contributed by atoms with E-state index < -0.39 is 18.4 Å². The van der Waals surface area contributed by atoms with Crippen LogP contribution in [0.15, 0.2) is 12.2 Å². The number of hydrogen-bond acceptors (Lipinski definition) is 4. The van der Waals surface area contributed by atoms with Gasteiger partial charge in [0.05, 0.1) is 0 Å². The van der Waals surface area contributed by atoms with Crippen molar-refractivity contribution in [1.82, 2.24) is 0 Å². The highest BCUT2D eigenvalue weighted by atomic mass is 16.7. The van der Waals surface area contributed by atoms with Gasteiger partial charge in [-0.3, -0.25) is 0 Å². The van der Waals surface area contributed by atoms with E-state index in [4.69, 9.17) is 10.5 Å². The van der Waals surface area contributed by atoms with Gasteiger partial charge in [0.1, 0.15) is 0 Å². The molecule has 0 saturated heterocycles. The maximum absolute atomic E-state index is 10.9. The number of amides is 1. The van der Waals surface area contributed by atoms with E-state index in [1.165, 1.54) is 6.92 Å². The molecule has 0 heterocycles. The van der Waals surface area contributed by atoms with Gasteiger partial charge in [0.15, 0.2) is 0 Å². The molecule has 0 radical (unpaired) electrons. The summed E-state index contributed by atoms with van der Waals surface area (Å²) in [5.74, 6) is -0.604. The van der Waals surface area contributed by atoms with Crippen LogP contribution in [0, 0.1) is 0 Å². The van der Waals surface area contributed by atoms with Crippen LogP contribution in [0.5, 0.6) is 0 Å². The lowest BCUT2D eigenvalue weighted by atomic mass is 10.3. The van der Waals surface area contributed by atoms with Crippen molar-refractivity contribution in [2.45, 2.75) is 26.6 Å². The van der Waals surface area contributed by atoms with Crippen molar-refractivity contribution in [2.24, 2.45) is 5.73 Å². The second-order valence-corrected chi connectivity index (χ2v) is 2.46. The maximum Gasteiger partial charge on any atom is 0.407 e. The van der Waals surface area contributed by atoms with Gasteiger partial charge in [0.2, 0.25) is 6.29 Å². The Bertz CT molecular complexity index is 224. The third-order valence-corrected chi connectivity index (χ3v) is 1.17. The molecule has 1 amide bonds. The van der Waals surface area contributed by atoms with Crippen LogP contribution < -0.4 is 5.73 Å². The minimum Gasteiger partial charge on any atom is -0.422 e. The fourth-order valence-electron chi connectivity index (χ4n) is 0.540. The zero-order valence-corrected chi connectivity index (χ0v) is 7.70. The van der Waals surface area contributed by atoms with E-state index >= 15 is 0 Å². The largest absolute Gasteiger partial charge is 0.422 e. The van der Waals surface area contributed by atoms with E-state index in [1.54, 1.807) is 6.92 Å². The average Bonchev–Trinajstić information content (AvgIpc) is 2.02. The zero-order valence-electron chi connectivity index (χ0n) is 7.70. The van der Waals surface area contributed by atoms with Crippen molar-refractivity contribution in [3.63, 3.8) is 0 Å². The first-order valence-corrected chi connectivity index (χ1v) is 3.80. The molecule has 5 heteroatoms. The minimum absolute atomic E-state index is 0.242. The van der Waals surface area contributed by atoms with Crippen LogP contribution in [0.25, 0.3) is 0 Å². The number of carbonyl (C=O) groups excluding carboxylic acids is 2. The standard InChI is InChI=1S/C8H13NO4/c1-4-6(13-8(9)11)12-7(10)5(2)3/h6H,2,4H2,1,3H3,(H2,9,11). The first kappa shape index (κ1) is 11.5. The summed E-state index contributed by atoms with van der Waals surface area (Å²) in [4.78, 5) is 21.2. The van der Waals surface area contributed by atoms with Crippen LogP contribution in [0.4, 0.5) is 4.79 Å². The van der Waals surface area contributed by atoms with Crippen LogP contribution in [0.2, 0.25) is 0 Å². The highest BCUT2D eigenvalue weighted by Crippen LogP contribution is 2.03. The van der Waals surface area contributed by atoms with Gasteiger partial charge in [-0.15, -0.1) is 0 Å². The van der Waals surface area contributed by atoms with E-state index in [1.807, 2.05) is 0 Å². The number of nitrogens with two attached hydrogens (primary N) is 1. The van der Waals surface area contributed by atoms with E-state index in [-0.39, 0.29) is 5.57 Å². The molecule has 0 saturated carbocycles. The molecule has 0 spiro atoms. The Morgan fingerprint density at radius 3 is 2.31 bits per heavy atom. The van der Waals surface area contributed by atoms with E-state index in [2.05, 4.69) is 11.3 Å². The third-order valence-electron chi connectivity index (χ3n) is 1.17. The molecule has 13 heavy (non-hydrogen) atoms. The molecule has 0 aliphatic carbocycles. The van der Waals surface area contributed by atoms with Crippen molar-refractivity contribution < 1.29 is 19.1 Å². The number of hydrogen-bond donors (Lipinski definition) is 1. The zero-order chi connectivity index (χ0) is 10.4. The van der Waals surface area contributed by atoms with Crippen LogP contribution in [-0.4, -0.2) is 18.4 Å². The molecule has 5 nitrogen and oxygen atoms in total. The number of primary amides is 1. The normalized spacial score (nSPS) is 11.5. The molecule has 0 aromatic carbocycles. The fraction of sp³-hybridized carbons (Fsp3) is 0.500. The lowest BCUT2D eigenvalue weighted by Crippen LogP contribution is -2.27. The Morgan fingerprint density at radius 2 is 2.00 bits per heavy atom. The molecular formula is C8H13NO4. The quantitative estimate of drug-likeness (QED) is 0.403. The van der Waals surface area contributed by atoms with Crippen LogP contribution in [-0.2, 0) is 14.3 Å². The molecule has 0 aromatic heterocycles. The number of esters is 1. The Morgan fingerprint density at radius 1 is 1.46 bits per heavy atom. The Labute approximate surface area is 76.5 Å². The van der Waals surface area contributed by atoms with Gasteiger partial charge in [-0.05, 0) is 6.92 Å². The maximum atomic E-state index is 10.9. The minimum atomic E-state index is -0.971. The van der Waals surface area contributed by atoms with Gasteiger partial charge in [-0.1, -0.05) is 13.5 Å². The summed E-state index contributed by atoms with van der Waals surface area (Å²) in [6.07, 6.45) is -1.55. The Balaban J connectivity index is 4.05. The van der Waals surface area contributed by atoms with Crippen molar-refractivity contribution in [2.75, 3.05) is 0 Å². The molecule has 74 valence electrons. The van der Waals surface area contributed by atoms with Crippen LogP contribution in [0.1, 0.15) is 20.3 Å². The molecule has 0 rings (SSSR count). The summed E-state index contributed by atoms with van der Waals surface area (Å²) >= 11 is 0. The lowest BCUT2D eigenvalue weighted by molar-refractivity contribution is -0.162. The van der Waals surface area contributed by atoms with Crippen molar-refractivity contribution in [3.05, 3.63) is 12.2 Å². The molecular weight excluding hydrogens is 174 g/mol. The monoisotopic (exact) mass is 187 g/mol. The summed E-state index contributed by atoms with van der Waals surface area (Å²) < 4.78 is 9.19. The van der Waals surface area contributed by atoms with Crippen LogP contribution >= 0.6 is 0 Å². The Kier molecular flexibility index (Phi) is 4.58. The van der Waals surface area contributed by atoms with Crippen molar-refractivity contribution >= 4 is 12.1 Å². The van der Waals surface area contributed by atoms with Crippen molar-refractivity contribution in [1.29, 1.82) is 0 Å². The molecule has 2 N–H and O–H groups in total. The van der Waals surface area contributed by atoms with Crippen LogP contribution in [0.3, 0.4) is 0 Å². The molecule has 0 fully saturated rings. The van der Waals surface area contributed by atoms with E-state index in [9.17, 15) is 9.59 Å². The highest BCUT2D eigenvalue weighted by molar-refractivity contribution is 5.87. The van der Waals surface area contributed by atoms with Gasteiger partial charge >= 0.3 is 12.1 Å². The lowest BCUT2D eigenvalue weighted by Gasteiger charge is -2.14. The fourth-order valence-corrected chi connectivity index (χ4v) is 0.540. The predicted molar refractivity (Wildman–Crippen MR) is 45.7 cm³/mol. The smallest absolute Gasteiger partial charge is 0.407 e. The molecule has 0 aliphatic heterocycles. The summed E-state index contributed by atoms with van der Waals surface area (Å²) in [6, 6.07) is 0. The summed E-state index contributed by atoms with van der Waals surface area (Å²) in [5.41, 5.74) is 4.99. The number of rotatable bonds is 4. The van der Waals surface area contributed by atoms with Gasteiger partial charge < -0.3 is 15.2 Å². The predicted octanol–water partition coefficient (Wildman–Crippen LogP) is 0.937. The van der Waals surface area contributed by atoms with Gasteiger partial charge in [0, 0.05) is 12.0 Å². The molecule has 1 unspecified atom stereocenters. The molecule has 0 aromatic rings. The number of carbonyl (C=O) groups is 2. The number of ether oxygens (including phenoxy) is 2. The second-order valence-electron chi connectivity index (χ2n) is 2.46. The SMILES string of the molecule is C=C(C)C(=O)OC(CC)OC(N)=O. The Hall–Kier alpha value is -1.52. The topological polar surface area (TPSA) is 78.6 Å². The summed E-state index contributed by atoms with van der Waals surface area (Å²) in [6.45, 7) is 6.57. The van der Waals surface area contributed by atoms with Gasteiger partial charge in [-0.2, -0.15) is 0 Å². The van der Waals surface area contributed by atoms with E-state index in [0.717, 1.165) is 0 Å². The average molecular weight is 187 g/mol. The molecule has 0 bridgehead atoms. The van der Waals surface area contributed by atoms with Gasteiger partial charge in [-0.25, -0.2) is 9.59 Å². The second kappa shape index (κ2) is 5.18.